The fourth-order valence-electron chi connectivity index (χ4n) is 1.90. The molecule has 5 heteroatoms. The van der Waals surface area contributed by atoms with Crippen molar-refractivity contribution in [3.63, 3.8) is 0 Å². The number of aromatic hydroxyl groups is 1. The molecule has 5 nitrogen and oxygen atoms in total. The van der Waals surface area contributed by atoms with Crippen LogP contribution in [0.3, 0.4) is 0 Å². The Morgan fingerprint density at radius 3 is 2.55 bits per heavy atom. The molecular formula is C17H20O5. The second-order valence-corrected chi connectivity index (χ2v) is 4.66. The summed E-state index contributed by atoms with van der Waals surface area (Å²) in [5, 5.41) is 10.2. The summed E-state index contributed by atoms with van der Waals surface area (Å²) in [7, 11) is 1.27. The fraction of sp³-hybridized carbons (Fsp3) is 0.294. The molecule has 1 N–H and O–H groups in total. The number of aryl methyl sites for hydroxylation is 1. The van der Waals surface area contributed by atoms with Crippen LogP contribution < -0.4 is 4.74 Å². The molecule has 0 saturated carbocycles. The molecule has 1 rings (SSSR count). The van der Waals surface area contributed by atoms with Gasteiger partial charge in [0.25, 0.3) is 0 Å². The van der Waals surface area contributed by atoms with Gasteiger partial charge in [-0.15, -0.1) is 0 Å². The Morgan fingerprint density at radius 1 is 1.27 bits per heavy atom. The Kier molecular flexibility index (Phi) is 6.38. The number of ketones is 1. The topological polar surface area (TPSA) is 72.8 Å². The van der Waals surface area contributed by atoms with E-state index in [-0.39, 0.29) is 23.7 Å². The zero-order chi connectivity index (χ0) is 16.7. The molecule has 0 saturated heterocycles. The molecule has 1 aromatic carbocycles. The van der Waals surface area contributed by atoms with Crippen molar-refractivity contribution in [2.24, 2.45) is 0 Å². The Morgan fingerprint density at radius 2 is 1.95 bits per heavy atom. The van der Waals surface area contributed by atoms with E-state index in [9.17, 15) is 14.7 Å². The molecule has 0 atom stereocenters. The minimum Gasteiger partial charge on any atom is -0.507 e. The highest BCUT2D eigenvalue weighted by Gasteiger charge is 2.18. The Bertz CT molecular complexity index is 626. The highest BCUT2D eigenvalue weighted by atomic mass is 16.6. The van der Waals surface area contributed by atoms with E-state index in [1.165, 1.54) is 19.3 Å². The van der Waals surface area contributed by atoms with Crippen molar-refractivity contribution >= 4 is 11.8 Å². The zero-order valence-electron chi connectivity index (χ0n) is 13.2. The van der Waals surface area contributed by atoms with E-state index in [0.717, 1.165) is 0 Å². The average Bonchev–Trinajstić information content (AvgIpc) is 2.50. The number of carbonyl (C=O) groups is 2. The minimum absolute atomic E-state index is 0.152. The molecule has 22 heavy (non-hydrogen) atoms. The summed E-state index contributed by atoms with van der Waals surface area (Å²) in [5.74, 6) is -0.605. The summed E-state index contributed by atoms with van der Waals surface area (Å²) in [6.07, 6.45) is 6.50. The number of hydrogen-bond acceptors (Lipinski definition) is 5. The summed E-state index contributed by atoms with van der Waals surface area (Å²) in [5.41, 5.74) is 1.26. The molecule has 0 amide bonds. The van der Waals surface area contributed by atoms with E-state index < -0.39 is 5.97 Å². The number of ether oxygens (including phenoxy) is 2. The van der Waals surface area contributed by atoms with E-state index in [1.807, 2.05) is 6.92 Å². The molecule has 0 bridgehead atoms. The predicted octanol–water partition coefficient (Wildman–Crippen LogP) is 2.88. The standard InChI is InChI=1S/C17H20O5/c1-5-6-7-8-14(18)13-9-11(2)17(12(3)16(13)20)22-10-15(19)21-4/h5-9,20H,10H2,1-4H3/b6-5+,8-7+. The van der Waals surface area contributed by atoms with Crippen LogP contribution in [0.1, 0.15) is 28.4 Å². The number of benzene rings is 1. The smallest absolute Gasteiger partial charge is 0.343 e. The van der Waals surface area contributed by atoms with Gasteiger partial charge in [0.2, 0.25) is 0 Å². The lowest BCUT2D eigenvalue weighted by atomic mass is 10.0. The SMILES string of the molecule is C/C=C/C=C/C(=O)c1cc(C)c(OCC(=O)OC)c(C)c1O. The molecule has 0 aliphatic rings. The molecule has 118 valence electrons. The summed E-state index contributed by atoms with van der Waals surface area (Å²) < 4.78 is 9.86. The number of rotatable bonds is 6. The van der Waals surface area contributed by atoms with Crippen molar-refractivity contribution in [2.75, 3.05) is 13.7 Å². The van der Waals surface area contributed by atoms with Crippen LogP contribution >= 0.6 is 0 Å². The van der Waals surface area contributed by atoms with Gasteiger partial charge in [0, 0.05) is 5.56 Å². The molecular weight excluding hydrogens is 284 g/mol. The number of carbonyl (C=O) groups excluding carboxylic acids is 2. The van der Waals surface area contributed by atoms with Gasteiger partial charge < -0.3 is 14.6 Å². The van der Waals surface area contributed by atoms with Gasteiger partial charge in [0.15, 0.2) is 12.4 Å². The first-order valence-electron chi connectivity index (χ1n) is 6.78. The van der Waals surface area contributed by atoms with Gasteiger partial charge >= 0.3 is 5.97 Å². The van der Waals surface area contributed by atoms with Crippen LogP contribution in [0.5, 0.6) is 11.5 Å². The summed E-state index contributed by atoms with van der Waals surface area (Å²) in [4.78, 5) is 23.2. The van der Waals surface area contributed by atoms with Gasteiger partial charge in [-0.1, -0.05) is 18.2 Å². The van der Waals surface area contributed by atoms with E-state index in [4.69, 9.17) is 4.74 Å². The number of methoxy groups -OCH3 is 1. The third-order valence-corrected chi connectivity index (χ3v) is 3.05. The Balaban J connectivity index is 3.10. The van der Waals surface area contributed by atoms with Crippen molar-refractivity contribution in [1.29, 1.82) is 0 Å². The van der Waals surface area contributed by atoms with E-state index in [1.54, 1.807) is 32.1 Å². The number of allylic oxidation sites excluding steroid dienone is 4. The average molecular weight is 304 g/mol. The van der Waals surface area contributed by atoms with E-state index in [2.05, 4.69) is 4.74 Å². The summed E-state index contributed by atoms with van der Waals surface area (Å²) in [6.45, 7) is 4.95. The van der Waals surface area contributed by atoms with Gasteiger partial charge in [-0.3, -0.25) is 4.79 Å². The Labute approximate surface area is 129 Å². The molecule has 0 heterocycles. The first-order chi connectivity index (χ1) is 10.4. The van der Waals surface area contributed by atoms with Gasteiger partial charge in [-0.25, -0.2) is 4.79 Å². The molecule has 0 unspecified atom stereocenters. The lowest BCUT2D eigenvalue weighted by molar-refractivity contribution is -0.142. The van der Waals surface area contributed by atoms with Crippen LogP contribution in [-0.4, -0.2) is 30.6 Å². The molecule has 1 aromatic rings. The van der Waals surface area contributed by atoms with Crippen LogP contribution in [0.15, 0.2) is 30.4 Å². The first kappa shape index (κ1) is 17.5. The quantitative estimate of drug-likeness (QED) is 0.378. The second kappa shape index (κ2) is 8.02. The predicted molar refractivity (Wildman–Crippen MR) is 83.4 cm³/mol. The largest absolute Gasteiger partial charge is 0.507 e. The first-order valence-corrected chi connectivity index (χ1v) is 6.78. The third kappa shape index (κ3) is 4.22. The zero-order valence-corrected chi connectivity index (χ0v) is 13.2. The third-order valence-electron chi connectivity index (χ3n) is 3.05. The summed E-state index contributed by atoms with van der Waals surface area (Å²) in [6, 6.07) is 1.54. The molecule has 0 fully saturated rings. The van der Waals surface area contributed by atoms with Crippen LogP contribution in [0.2, 0.25) is 0 Å². The second-order valence-electron chi connectivity index (χ2n) is 4.66. The van der Waals surface area contributed by atoms with Crippen LogP contribution in [0, 0.1) is 13.8 Å². The maximum absolute atomic E-state index is 12.1. The maximum Gasteiger partial charge on any atom is 0.343 e. The highest BCUT2D eigenvalue weighted by Crippen LogP contribution is 2.34. The number of phenols is 1. The van der Waals surface area contributed by atoms with Crippen molar-refractivity contribution in [3.05, 3.63) is 47.1 Å². The van der Waals surface area contributed by atoms with Gasteiger partial charge in [-0.2, -0.15) is 0 Å². The number of esters is 1. The maximum atomic E-state index is 12.1. The molecule has 0 aliphatic heterocycles. The monoisotopic (exact) mass is 304 g/mol. The van der Waals surface area contributed by atoms with Crippen molar-refractivity contribution < 1.29 is 24.2 Å². The van der Waals surface area contributed by atoms with E-state index >= 15 is 0 Å². The highest BCUT2D eigenvalue weighted by molar-refractivity contribution is 6.07. The van der Waals surface area contributed by atoms with Gasteiger partial charge in [0.1, 0.15) is 11.5 Å². The fourth-order valence-corrected chi connectivity index (χ4v) is 1.90. The van der Waals surface area contributed by atoms with Gasteiger partial charge in [-0.05, 0) is 38.5 Å². The van der Waals surface area contributed by atoms with Crippen molar-refractivity contribution in [2.45, 2.75) is 20.8 Å². The van der Waals surface area contributed by atoms with Crippen LogP contribution in [0.25, 0.3) is 0 Å². The van der Waals surface area contributed by atoms with Crippen molar-refractivity contribution in [1.82, 2.24) is 0 Å². The Hall–Kier alpha value is -2.56. The van der Waals surface area contributed by atoms with Crippen LogP contribution in [-0.2, 0) is 9.53 Å². The molecule has 0 aromatic heterocycles. The van der Waals surface area contributed by atoms with Gasteiger partial charge in [0.05, 0.1) is 12.7 Å². The summed E-state index contributed by atoms with van der Waals surface area (Å²) >= 11 is 0. The van der Waals surface area contributed by atoms with Crippen molar-refractivity contribution in [3.8, 4) is 11.5 Å². The molecule has 0 aliphatic carbocycles. The lowest BCUT2D eigenvalue weighted by Gasteiger charge is -2.14. The lowest BCUT2D eigenvalue weighted by Crippen LogP contribution is -2.14. The number of phenolic OH excluding ortho intramolecular Hbond substituents is 1. The normalized spacial score (nSPS) is 11.1. The molecule has 0 radical (unpaired) electrons. The molecule has 0 spiro atoms. The minimum atomic E-state index is -0.521. The van der Waals surface area contributed by atoms with E-state index in [0.29, 0.717) is 16.9 Å². The number of hydrogen-bond donors (Lipinski definition) is 1. The van der Waals surface area contributed by atoms with Crippen LogP contribution in [0.4, 0.5) is 0 Å².